The zero-order chi connectivity index (χ0) is 36.5. The van der Waals surface area contributed by atoms with Crippen molar-refractivity contribution < 1.29 is 23.9 Å². The van der Waals surface area contributed by atoms with Gasteiger partial charge >= 0.3 is 0 Å². The lowest BCUT2D eigenvalue weighted by atomic mass is 9.79. The number of halogens is 1. The van der Waals surface area contributed by atoms with E-state index in [1.54, 1.807) is 40.3 Å². The highest BCUT2D eigenvalue weighted by atomic mass is 35.5. The van der Waals surface area contributed by atoms with Gasteiger partial charge in [0.2, 0.25) is 17.7 Å². The molecule has 4 amide bonds. The summed E-state index contributed by atoms with van der Waals surface area (Å²) >= 11 is 7.15. The van der Waals surface area contributed by atoms with Crippen molar-refractivity contribution >= 4 is 58.1 Å². The summed E-state index contributed by atoms with van der Waals surface area (Å²) in [6.07, 6.45) is 4.41. The maximum absolute atomic E-state index is 13.6. The van der Waals surface area contributed by atoms with Gasteiger partial charge in [-0.25, -0.2) is 0 Å². The fraction of sp³-hybridized carbons (Fsp3) is 0.368. The first-order chi connectivity index (χ1) is 24.6. The molecule has 3 heterocycles. The third kappa shape index (κ3) is 9.24. The molecule has 0 radical (unpaired) electrons. The predicted molar refractivity (Wildman–Crippen MR) is 201 cm³/mol. The van der Waals surface area contributed by atoms with Gasteiger partial charge in [-0.15, -0.1) is 0 Å². The number of amides is 4. The second-order valence-electron chi connectivity index (χ2n) is 12.8. The van der Waals surface area contributed by atoms with E-state index in [0.29, 0.717) is 40.9 Å². The summed E-state index contributed by atoms with van der Waals surface area (Å²) in [6.45, 7) is 3.42. The Balaban J connectivity index is 0.000000488. The Morgan fingerprint density at radius 3 is 2.47 bits per heavy atom. The van der Waals surface area contributed by atoms with Gasteiger partial charge in [0.05, 0.1) is 30.9 Å². The molecule has 6 rings (SSSR count). The largest absolute Gasteiger partial charge is 0.496 e. The Morgan fingerprint density at radius 2 is 1.76 bits per heavy atom. The number of carbonyl (C=O) groups is 4. The maximum atomic E-state index is 13.6. The van der Waals surface area contributed by atoms with Crippen LogP contribution in [-0.4, -0.2) is 85.3 Å². The van der Waals surface area contributed by atoms with Crippen LogP contribution in [0.3, 0.4) is 0 Å². The van der Waals surface area contributed by atoms with Crippen molar-refractivity contribution in [3.05, 3.63) is 94.6 Å². The molecular formula is C38H45ClN6O5S. The van der Waals surface area contributed by atoms with Crippen molar-refractivity contribution in [1.29, 1.82) is 0 Å². The van der Waals surface area contributed by atoms with E-state index < -0.39 is 5.92 Å². The molecule has 3 aromatic carbocycles. The number of ether oxygens (including phenoxy) is 1. The summed E-state index contributed by atoms with van der Waals surface area (Å²) in [4.78, 5) is 59.7. The first-order valence-electron chi connectivity index (χ1n) is 17.0. The van der Waals surface area contributed by atoms with E-state index in [9.17, 15) is 19.2 Å². The van der Waals surface area contributed by atoms with Crippen LogP contribution < -0.4 is 20.5 Å². The number of aromatic amines is 1. The molecule has 3 atom stereocenters. The van der Waals surface area contributed by atoms with E-state index in [1.165, 1.54) is 32.6 Å². The van der Waals surface area contributed by atoms with E-state index in [2.05, 4.69) is 52.9 Å². The molecule has 2 saturated heterocycles. The molecule has 13 heteroatoms. The lowest BCUT2D eigenvalue weighted by Gasteiger charge is -2.39. The molecule has 2 fully saturated rings. The summed E-state index contributed by atoms with van der Waals surface area (Å²) < 4.78 is 5.39. The van der Waals surface area contributed by atoms with Crippen LogP contribution in [0.15, 0.2) is 77.8 Å². The summed E-state index contributed by atoms with van der Waals surface area (Å²) in [5.74, 6) is -1.28. The smallest absolute Gasteiger partial charge is 0.254 e. The topological polar surface area (TPSA) is 150 Å². The maximum Gasteiger partial charge on any atom is 0.254 e. The molecule has 11 nitrogen and oxygen atoms in total. The van der Waals surface area contributed by atoms with E-state index in [1.807, 2.05) is 12.1 Å². The van der Waals surface area contributed by atoms with Gasteiger partial charge in [0.1, 0.15) is 5.75 Å². The summed E-state index contributed by atoms with van der Waals surface area (Å²) in [7, 11) is 3.02. The molecule has 1 aromatic heterocycles. The Morgan fingerprint density at radius 1 is 1.00 bits per heavy atom. The highest BCUT2D eigenvalue weighted by molar-refractivity contribution is 7.97. The molecular weight excluding hydrogens is 688 g/mol. The number of aromatic nitrogens is 1. The van der Waals surface area contributed by atoms with Crippen molar-refractivity contribution in [2.24, 2.45) is 22.9 Å². The van der Waals surface area contributed by atoms with Gasteiger partial charge in [-0.1, -0.05) is 61.3 Å². The Kier molecular flexibility index (Phi) is 13.0. The SMILES string of the molecule is CCCc1ccccc1.CNC(=O)CNC(=O)C1CN(C(=O)Cc2c[nH]c3cc(Cl)ccc23)CC2CN(C(=O)c3ccc(SN)c(OC)c3)CC21. The average Bonchev–Trinajstić information content (AvgIpc) is 3.77. The Bertz CT molecular complexity index is 1850. The number of rotatable bonds is 10. The minimum Gasteiger partial charge on any atom is -0.496 e. The number of hydrogen-bond donors (Lipinski definition) is 4. The zero-order valence-electron chi connectivity index (χ0n) is 29.1. The lowest BCUT2D eigenvalue weighted by Crippen LogP contribution is -2.54. The standard InChI is InChI=1S/C29H33ClN6O5S.C9H12/c1-32-26(37)11-34-28(39)22-15-35(27(38)8-17-10-33-23-9-19(30)4-5-20(17)23)12-18-13-36(14-21(18)22)29(40)16-3-6-25(42-31)24(7-16)41-2;1-2-6-9-7-4-3-5-8-9/h3-7,9-10,18,21-22,33H,8,11-15,31H2,1-2H3,(H,32,37)(H,34,39);3-5,7-8H,2,6H2,1H3. The molecule has 0 bridgehead atoms. The quantitative estimate of drug-likeness (QED) is 0.173. The number of H-pyrrole nitrogens is 1. The Hall–Kier alpha value is -4.52. The number of likely N-dealkylation sites (N-methyl/N-ethyl adjacent to an activating group) is 1. The number of nitrogens with one attached hydrogen (secondary N) is 3. The van der Waals surface area contributed by atoms with Crippen LogP contribution in [0.25, 0.3) is 10.9 Å². The van der Waals surface area contributed by atoms with E-state index in [0.717, 1.165) is 28.4 Å². The lowest BCUT2D eigenvalue weighted by molar-refractivity contribution is -0.139. The van der Waals surface area contributed by atoms with E-state index in [-0.39, 0.29) is 55.0 Å². The number of aryl methyl sites for hydroxylation is 1. The van der Waals surface area contributed by atoms with E-state index >= 15 is 0 Å². The molecule has 51 heavy (non-hydrogen) atoms. The van der Waals surface area contributed by atoms with Gasteiger partial charge < -0.3 is 30.2 Å². The van der Waals surface area contributed by atoms with Gasteiger partial charge in [0.15, 0.2) is 0 Å². The van der Waals surface area contributed by atoms with Gasteiger partial charge in [0.25, 0.3) is 5.91 Å². The number of likely N-dealkylation sites (tertiary alicyclic amines) is 2. The summed E-state index contributed by atoms with van der Waals surface area (Å²) in [5.41, 5.74) is 3.58. The van der Waals surface area contributed by atoms with Crippen LogP contribution in [-0.2, 0) is 27.2 Å². The average molecular weight is 733 g/mol. The number of benzene rings is 3. The summed E-state index contributed by atoms with van der Waals surface area (Å²) in [6, 6.07) is 21.2. The van der Waals surface area contributed by atoms with Crippen LogP contribution in [0.2, 0.25) is 5.02 Å². The molecule has 5 N–H and O–H groups in total. The van der Waals surface area contributed by atoms with Crippen molar-refractivity contribution in [2.75, 3.05) is 46.9 Å². The van der Waals surface area contributed by atoms with Gasteiger partial charge in [-0.3, -0.25) is 24.3 Å². The fourth-order valence-electron chi connectivity index (χ4n) is 6.90. The van der Waals surface area contributed by atoms with E-state index in [4.69, 9.17) is 21.5 Å². The van der Waals surface area contributed by atoms with Crippen molar-refractivity contribution in [3.8, 4) is 5.75 Å². The molecule has 3 unspecified atom stereocenters. The second kappa shape index (κ2) is 17.6. The predicted octanol–water partition coefficient (Wildman–Crippen LogP) is 4.69. The summed E-state index contributed by atoms with van der Waals surface area (Å²) in [5, 5.41) is 12.4. The molecule has 0 spiro atoms. The number of nitrogens with zero attached hydrogens (tertiary/aromatic N) is 2. The zero-order valence-corrected chi connectivity index (χ0v) is 30.7. The van der Waals surface area contributed by atoms with Crippen molar-refractivity contribution in [1.82, 2.24) is 25.4 Å². The number of hydrogen-bond acceptors (Lipinski definition) is 7. The second-order valence-corrected chi connectivity index (χ2v) is 13.9. The van der Waals surface area contributed by atoms with Gasteiger partial charge in [-0.2, -0.15) is 0 Å². The van der Waals surface area contributed by atoms with Gasteiger partial charge in [0, 0.05) is 60.9 Å². The number of fused-ring (bicyclic) bond motifs is 2. The number of carbonyl (C=O) groups excluding carboxylic acids is 4. The first-order valence-corrected chi connectivity index (χ1v) is 18.3. The molecule has 4 aromatic rings. The molecule has 270 valence electrons. The van der Waals surface area contributed by atoms with Crippen LogP contribution in [0.1, 0.15) is 34.8 Å². The monoisotopic (exact) mass is 732 g/mol. The highest BCUT2D eigenvalue weighted by Gasteiger charge is 2.48. The van der Waals surface area contributed by atoms with Gasteiger partial charge in [-0.05, 0) is 71.7 Å². The number of methoxy groups -OCH3 is 1. The molecule has 0 saturated carbocycles. The normalized spacial score (nSPS) is 18.0. The van der Waals surface area contributed by atoms with Crippen molar-refractivity contribution in [3.63, 3.8) is 0 Å². The fourth-order valence-corrected chi connectivity index (χ4v) is 7.48. The van der Waals surface area contributed by atoms with Crippen LogP contribution in [0.4, 0.5) is 0 Å². The van der Waals surface area contributed by atoms with Crippen LogP contribution >= 0.6 is 23.5 Å². The van der Waals surface area contributed by atoms with Crippen LogP contribution in [0.5, 0.6) is 5.75 Å². The van der Waals surface area contributed by atoms with Crippen molar-refractivity contribution in [2.45, 2.75) is 31.1 Å². The molecule has 2 aliphatic rings. The third-order valence-electron chi connectivity index (χ3n) is 9.55. The molecule has 0 aliphatic carbocycles. The Labute approximate surface area is 307 Å². The highest BCUT2D eigenvalue weighted by Crippen LogP contribution is 2.37. The van der Waals surface area contributed by atoms with Crippen LogP contribution in [0, 0.1) is 17.8 Å². The third-order valence-corrected chi connectivity index (χ3v) is 10.4. The number of nitrogens with two attached hydrogens (primary N) is 1. The number of piperidine rings is 1. The molecule has 2 aliphatic heterocycles. The minimum absolute atomic E-state index is 0.107. The minimum atomic E-state index is -0.581. The first kappa shape index (κ1) is 37.7.